The van der Waals surface area contributed by atoms with E-state index in [9.17, 15) is 4.79 Å². The fourth-order valence-corrected chi connectivity index (χ4v) is 2.08. The van der Waals surface area contributed by atoms with Gasteiger partial charge in [0.25, 0.3) is 0 Å². The lowest BCUT2D eigenvalue weighted by molar-refractivity contribution is 0.0918. The van der Waals surface area contributed by atoms with E-state index in [2.05, 4.69) is 5.32 Å². The summed E-state index contributed by atoms with van der Waals surface area (Å²) in [5.74, 6) is 1.71. The molecule has 1 aliphatic rings. The van der Waals surface area contributed by atoms with Crippen LogP contribution in [0, 0.1) is 5.92 Å². The van der Waals surface area contributed by atoms with E-state index >= 15 is 0 Å². The van der Waals surface area contributed by atoms with Gasteiger partial charge in [-0.05, 0) is 30.7 Å². The van der Waals surface area contributed by atoms with Gasteiger partial charge in [-0.3, -0.25) is 4.79 Å². The monoisotopic (exact) mass is 249 g/mol. The smallest absolute Gasteiger partial charge is 0.231 e. The van der Waals surface area contributed by atoms with Gasteiger partial charge >= 0.3 is 0 Å². The molecule has 0 unspecified atom stereocenters. The number of hydrogen-bond acceptors (Lipinski definition) is 4. The van der Waals surface area contributed by atoms with Gasteiger partial charge in [0, 0.05) is 5.56 Å². The third kappa shape index (κ3) is 2.48. The second-order valence-corrected chi connectivity index (χ2v) is 4.71. The molecule has 1 aliphatic heterocycles. The normalized spacial score (nSPS) is 14.9. The molecule has 98 valence electrons. The number of ether oxygens (including phenoxy) is 2. The lowest BCUT2D eigenvalue weighted by atomic mass is 9.95. The first-order chi connectivity index (χ1) is 8.63. The van der Waals surface area contributed by atoms with E-state index in [0.29, 0.717) is 17.1 Å². The molecule has 1 atom stereocenters. The highest BCUT2D eigenvalue weighted by molar-refractivity contribution is 6.00. The highest BCUT2D eigenvalue weighted by Gasteiger charge is 2.24. The highest BCUT2D eigenvalue weighted by Crippen LogP contribution is 2.33. The van der Waals surface area contributed by atoms with E-state index in [1.165, 1.54) is 0 Å². The van der Waals surface area contributed by atoms with Gasteiger partial charge in [0.1, 0.15) is 0 Å². The van der Waals surface area contributed by atoms with Crippen LogP contribution in [0.1, 0.15) is 31.1 Å². The predicted octanol–water partition coefficient (Wildman–Crippen LogP) is 2.23. The first kappa shape index (κ1) is 12.9. The Bertz CT molecular complexity index is 443. The second kappa shape index (κ2) is 5.40. The highest BCUT2D eigenvalue weighted by atomic mass is 16.7. The van der Waals surface area contributed by atoms with Crippen molar-refractivity contribution in [2.24, 2.45) is 5.92 Å². The first-order valence-electron chi connectivity index (χ1n) is 6.30. The van der Waals surface area contributed by atoms with Crippen molar-refractivity contribution in [2.75, 3.05) is 13.3 Å². The minimum absolute atomic E-state index is 0.102. The number of ketones is 1. The molecule has 0 spiro atoms. The molecule has 0 aliphatic carbocycles. The number of likely N-dealkylation sites (N-methyl/N-ethyl adjacent to an activating group) is 1. The molecule has 18 heavy (non-hydrogen) atoms. The van der Waals surface area contributed by atoms with Crippen molar-refractivity contribution in [1.82, 2.24) is 5.32 Å². The second-order valence-electron chi connectivity index (χ2n) is 4.71. The number of carbonyl (C=O) groups is 1. The maximum atomic E-state index is 12.4. The van der Waals surface area contributed by atoms with Crippen LogP contribution >= 0.6 is 0 Å². The van der Waals surface area contributed by atoms with Crippen LogP contribution < -0.4 is 14.8 Å². The van der Waals surface area contributed by atoms with Crippen molar-refractivity contribution < 1.29 is 14.3 Å². The van der Waals surface area contributed by atoms with Gasteiger partial charge < -0.3 is 14.8 Å². The average Bonchev–Trinajstić information content (AvgIpc) is 2.81. The summed E-state index contributed by atoms with van der Waals surface area (Å²) < 4.78 is 10.5. The minimum Gasteiger partial charge on any atom is -0.454 e. The van der Waals surface area contributed by atoms with Crippen molar-refractivity contribution in [1.29, 1.82) is 0 Å². The third-order valence-electron chi connectivity index (χ3n) is 3.03. The van der Waals surface area contributed by atoms with Crippen molar-refractivity contribution in [3.63, 3.8) is 0 Å². The molecule has 0 saturated carbocycles. The Morgan fingerprint density at radius 2 is 2.06 bits per heavy atom. The molecule has 0 amide bonds. The van der Waals surface area contributed by atoms with Crippen molar-refractivity contribution in [2.45, 2.75) is 26.8 Å². The standard InChI is InChI=1S/C14H19NO3/c1-4-15-13(9(2)3)14(16)10-5-6-11-12(7-10)18-8-17-11/h5-7,9,13,15H,4,8H2,1-3H3/t13-/m1/s1. The summed E-state index contributed by atoms with van der Waals surface area (Å²) in [6.07, 6.45) is 0. The van der Waals surface area contributed by atoms with Gasteiger partial charge in [-0.2, -0.15) is 0 Å². The molecular weight excluding hydrogens is 230 g/mol. The SMILES string of the molecule is CCN[C@@H](C(=O)c1ccc2c(c1)OCO2)C(C)C. The van der Waals surface area contributed by atoms with Crippen LogP contribution in [0.3, 0.4) is 0 Å². The molecule has 1 aromatic carbocycles. The number of carbonyl (C=O) groups excluding carboxylic acids is 1. The number of nitrogens with one attached hydrogen (secondary N) is 1. The fourth-order valence-electron chi connectivity index (χ4n) is 2.08. The molecule has 1 aromatic rings. The molecule has 4 nitrogen and oxygen atoms in total. The molecule has 0 radical (unpaired) electrons. The van der Waals surface area contributed by atoms with Crippen LogP contribution in [0.15, 0.2) is 18.2 Å². The summed E-state index contributed by atoms with van der Waals surface area (Å²) in [4.78, 5) is 12.4. The summed E-state index contributed by atoms with van der Waals surface area (Å²) in [5, 5.41) is 3.23. The zero-order valence-corrected chi connectivity index (χ0v) is 11.0. The van der Waals surface area contributed by atoms with Crippen LogP contribution in [-0.2, 0) is 0 Å². The fraction of sp³-hybridized carbons (Fsp3) is 0.500. The molecule has 2 rings (SSSR count). The molecule has 0 saturated heterocycles. The number of rotatable bonds is 5. The van der Waals surface area contributed by atoms with E-state index in [1.807, 2.05) is 20.8 Å². The van der Waals surface area contributed by atoms with Crippen LogP contribution in [-0.4, -0.2) is 25.2 Å². The van der Waals surface area contributed by atoms with E-state index in [4.69, 9.17) is 9.47 Å². The van der Waals surface area contributed by atoms with Crippen LogP contribution in [0.4, 0.5) is 0 Å². The van der Waals surface area contributed by atoms with Gasteiger partial charge in [0.2, 0.25) is 6.79 Å². The zero-order chi connectivity index (χ0) is 13.1. The van der Waals surface area contributed by atoms with Crippen molar-refractivity contribution in [3.8, 4) is 11.5 Å². The number of hydrogen-bond donors (Lipinski definition) is 1. The van der Waals surface area contributed by atoms with Gasteiger partial charge in [0.15, 0.2) is 17.3 Å². The number of fused-ring (bicyclic) bond motifs is 1. The Hall–Kier alpha value is -1.55. The molecule has 4 heteroatoms. The van der Waals surface area contributed by atoms with Gasteiger partial charge in [-0.15, -0.1) is 0 Å². The van der Waals surface area contributed by atoms with Crippen LogP contribution in [0.25, 0.3) is 0 Å². The predicted molar refractivity (Wildman–Crippen MR) is 69.2 cm³/mol. The minimum atomic E-state index is -0.157. The Kier molecular flexibility index (Phi) is 3.87. The van der Waals surface area contributed by atoms with E-state index in [0.717, 1.165) is 6.54 Å². The molecule has 1 N–H and O–H groups in total. The summed E-state index contributed by atoms with van der Waals surface area (Å²) in [5.41, 5.74) is 0.666. The summed E-state index contributed by atoms with van der Waals surface area (Å²) in [6.45, 7) is 7.09. The lowest BCUT2D eigenvalue weighted by Gasteiger charge is -2.20. The quantitative estimate of drug-likeness (QED) is 0.813. The third-order valence-corrected chi connectivity index (χ3v) is 3.03. The van der Waals surface area contributed by atoms with E-state index in [1.54, 1.807) is 18.2 Å². The van der Waals surface area contributed by atoms with Crippen LogP contribution in [0.5, 0.6) is 11.5 Å². The summed E-state index contributed by atoms with van der Waals surface area (Å²) in [6, 6.07) is 5.19. The van der Waals surface area contributed by atoms with E-state index in [-0.39, 0.29) is 24.5 Å². The largest absolute Gasteiger partial charge is 0.454 e. The van der Waals surface area contributed by atoms with Gasteiger partial charge in [0.05, 0.1) is 6.04 Å². The Balaban J connectivity index is 2.22. The maximum Gasteiger partial charge on any atom is 0.231 e. The van der Waals surface area contributed by atoms with Crippen molar-refractivity contribution >= 4 is 5.78 Å². The van der Waals surface area contributed by atoms with Crippen LogP contribution in [0.2, 0.25) is 0 Å². The Labute approximate surface area is 107 Å². The van der Waals surface area contributed by atoms with E-state index < -0.39 is 0 Å². The Morgan fingerprint density at radius 1 is 1.33 bits per heavy atom. The zero-order valence-electron chi connectivity index (χ0n) is 11.0. The number of Topliss-reactive ketones (excluding diaryl/α,β-unsaturated/α-hetero) is 1. The molecule has 0 fully saturated rings. The topological polar surface area (TPSA) is 47.6 Å². The molecule has 1 heterocycles. The average molecular weight is 249 g/mol. The molecular formula is C14H19NO3. The summed E-state index contributed by atoms with van der Waals surface area (Å²) >= 11 is 0. The van der Waals surface area contributed by atoms with Gasteiger partial charge in [-0.25, -0.2) is 0 Å². The number of benzene rings is 1. The molecule has 0 bridgehead atoms. The molecule has 0 aromatic heterocycles. The summed E-state index contributed by atoms with van der Waals surface area (Å²) in [7, 11) is 0. The lowest BCUT2D eigenvalue weighted by Crippen LogP contribution is -2.40. The Morgan fingerprint density at radius 3 is 2.72 bits per heavy atom. The maximum absolute atomic E-state index is 12.4. The first-order valence-corrected chi connectivity index (χ1v) is 6.30. The van der Waals surface area contributed by atoms with Gasteiger partial charge in [-0.1, -0.05) is 20.8 Å². The van der Waals surface area contributed by atoms with Crippen molar-refractivity contribution in [3.05, 3.63) is 23.8 Å².